The maximum atomic E-state index is 9.47. The van der Waals surface area contributed by atoms with E-state index in [1.807, 2.05) is 31.3 Å². The number of benzene rings is 2. The molecule has 1 aliphatic rings. The van der Waals surface area contributed by atoms with Gasteiger partial charge in [-0.15, -0.1) is 0 Å². The first-order chi connectivity index (χ1) is 12.7. The van der Waals surface area contributed by atoms with Crippen LogP contribution in [0.2, 0.25) is 0 Å². The fraction of sp³-hybridized carbons (Fsp3) is 0.238. The number of aliphatic hydroxyl groups excluding tert-OH is 1. The number of aliphatic hydroxyl groups is 1. The SMILES string of the molecule is Cc1cc2c(NC(=S)N3c4ccccc4C[C@H]3CCO)cccc2cn1. The number of hydrogen-bond acceptors (Lipinski definition) is 3. The molecule has 132 valence electrons. The number of nitrogens with one attached hydrogen (secondary N) is 1. The van der Waals surface area contributed by atoms with Crippen LogP contribution in [0.4, 0.5) is 11.4 Å². The van der Waals surface area contributed by atoms with Gasteiger partial charge in [0, 0.05) is 46.7 Å². The number of pyridine rings is 1. The summed E-state index contributed by atoms with van der Waals surface area (Å²) in [6, 6.07) is 16.7. The average molecular weight is 363 g/mol. The van der Waals surface area contributed by atoms with Gasteiger partial charge in [0.15, 0.2) is 5.11 Å². The van der Waals surface area contributed by atoms with E-state index < -0.39 is 0 Å². The molecule has 5 heteroatoms. The molecule has 4 rings (SSSR count). The lowest BCUT2D eigenvalue weighted by Gasteiger charge is -2.28. The quantitative estimate of drug-likeness (QED) is 0.688. The molecule has 1 aliphatic heterocycles. The van der Waals surface area contributed by atoms with Crippen molar-refractivity contribution in [2.45, 2.75) is 25.8 Å². The largest absolute Gasteiger partial charge is 0.396 e. The molecule has 0 radical (unpaired) electrons. The molecule has 3 aromatic rings. The first-order valence-electron chi connectivity index (χ1n) is 8.82. The fourth-order valence-corrected chi connectivity index (χ4v) is 4.03. The zero-order valence-corrected chi connectivity index (χ0v) is 15.5. The summed E-state index contributed by atoms with van der Waals surface area (Å²) in [6.07, 6.45) is 3.48. The Bertz CT molecular complexity index is 972. The van der Waals surface area contributed by atoms with Gasteiger partial charge in [0.05, 0.1) is 0 Å². The van der Waals surface area contributed by atoms with E-state index in [1.54, 1.807) is 0 Å². The molecule has 0 amide bonds. The molecule has 0 fully saturated rings. The number of rotatable bonds is 3. The minimum absolute atomic E-state index is 0.150. The molecule has 2 heterocycles. The van der Waals surface area contributed by atoms with Crippen LogP contribution in [0.1, 0.15) is 17.7 Å². The number of fused-ring (bicyclic) bond motifs is 2. The Kier molecular flexibility index (Phi) is 4.57. The Balaban J connectivity index is 1.68. The third kappa shape index (κ3) is 3.04. The van der Waals surface area contributed by atoms with Crippen LogP contribution >= 0.6 is 12.2 Å². The second-order valence-corrected chi connectivity index (χ2v) is 7.04. The Morgan fingerprint density at radius 3 is 2.96 bits per heavy atom. The molecule has 1 aromatic heterocycles. The molecule has 0 bridgehead atoms. The Hall–Kier alpha value is -2.50. The van der Waals surface area contributed by atoms with Crippen LogP contribution in [0.25, 0.3) is 10.8 Å². The van der Waals surface area contributed by atoms with Gasteiger partial charge in [0.1, 0.15) is 0 Å². The summed E-state index contributed by atoms with van der Waals surface area (Å²) in [5.41, 5.74) is 4.35. The summed E-state index contributed by atoms with van der Waals surface area (Å²) in [4.78, 5) is 6.52. The number of thiocarbonyl (C=S) groups is 1. The fourth-order valence-electron chi connectivity index (χ4n) is 3.67. The molecule has 0 aliphatic carbocycles. The number of nitrogens with zero attached hydrogens (tertiary/aromatic N) is 2. The topological polar surface area (TPSA) is 48.4 Å². The lowest BCUT2D eigenvalue weighted by atomic mass is 10.1. The molecule has 1 atom stereocenters. The standard InChI is InChI=1S/C21H21N3OS/c1-14-11-18-16(13-22-14)6-4-7-19(18)23-21(26)24-17(9-10-25)12-15-5-2-3-8-20(15)24/h2-8,11,13,17,25H,9-10,12H2,1H3,(H,23,26)/t17-/m1/s1. The Morgan fingerprint density at radius 1 is 1.27 bits per heavy atom. The van der Waals surface area contributed by atoms with Crippen molar-refractivity contribution < 1.29 is 5.11 Å². The number of para-hydroxylation sites is 1. The van der Waals surface area contributed by atoms with Crippen molar-refractivity contribution >= 4 is 39.5 Å². The molecule has 0 spiro atoms. The number of hydrogen-bond donors (Lipinski definition) is 2. The van der Waals surface area contributed by atoms with E-state index >= 15 is 0 Å². The summed E-state index contributed by atoms with van der Waals surface area (Å²) in [7, 11) is 0. The monoisotopic (exact) mass is 363 g/mol. The van der Waals surface area contributed by atoms with Crippen molar-refractivity contribution in [1.29, 1.82) is 0 Å². The van der Waals surface area contributed by atoms with Crippen molar-refractivity contribution in [2.24, 2.45) is 0 Å². The molecule has 26 heavy (non-hydrogen) atoms. The minimum Gasteiger partial charge on any atom is -0.396 e. The second kappa shape index (κ2) is 7.02. The third-order valence-corrected chi connectivity index (χ3v) is 5.19. The molecule has 0 saturated heterocycles. The molecule has 2 aromatic carbocycles. The van der Waals surface area contributed by atoms with E-state index in [0.717, 1.165) is 34.3 Å². The molecule has 0 saturated carbocycles. The van der Waals surface area contributed by atoms with Gasteiger partial charge in [-0.05, 0) is 55.7 Å². The van der Waals surface area contributed by atoms with Gasteiger partial charge in [-0.2, -0.15) is 0 Å². The maximum Gasteiger partial charge on any atom is 0.178 e. The predicted molar refractivity (Wildman–Crippen MR) is 111 cm³/mol. The summed E-state index contributed by atoms with van der Waals surface area (Å²) >= 11 is 5.78. The Labute approximate surface area is 158 Å². The highest BCUT2D eigenvalue weighted by molar-refractivity contribution is 7.80. The third-order valence-electron chi connectivity index (χ3n) is 4.89. The second-order valence-electron chi connectivity index (χ2n) is 6.65. The molecule has 2 N–H and O–H groups in total. The molecule has 0 unspecified atom stereocenters. The highest BCUT2D eigenvalue weighted by Gasteiger charge is 2.31. The van der Waals surface area contributed by atoms with E-state index in [-0.39, 0.29) is 12.6 Å². The van der Waals surface area contributed by atoms with Crippen molar-refractivity contribution in [3.05, 3.63) is 66.0 Å². The van der Waals surface area contributed by atoms with E-state index in [9.17, 15) is 5.11 Å². The van der Waals surface area contributed by atoms with Crippen molar-refractivity contribution in [3.63, 3.8) is 0 Å². The van der Waals surface area contributed by atoms with Crippen LogP contribution in [0.15, 0.2) is 54.7 Å². The smallest absolute Gasteiger partial charge is 0.178 e. The summed E-state index contributed by atoms with van der Waals surface area (Å²) in [5, 5.41) is 15.7. The lowest BCUT2D eigenvalue weighted by Crippen LogP contribution is -2.41. The zero-order valence-electron chi connectivity index (χ0n) is 14.6. The van der Waals surface area contributed by atoms with Crippen molar-refractivity contribution in [3.8, 4) is 0 Å². The van der Waals surface area contributed by atoms with Crippen LogP contribution in [0, 0.1) is 6.92 Å². The van der Waals surface area contributed by atoms with Crippen LogP contribution in [0.5, 0.6) is 0 Å². The number of aromatic nitrogens is 1. The minimum atomic E-state index is 0.150. The first kappa shape index (κ1) is 16.9. The first-order valence-corrected chi connectivity index (χ1v) is 9.22. The average Bonchev–Trinajstić information content (AvgIpc) is 3.00. The van der Waals surface area contributed by atoms with Gasteiger partial charge in [-0.1, -0.05) is 30.3 Å². The maximum absolute atomic E-state index is 9.47. The van der Waals surface area contributed by atoms with Crippen LogP contribution < -0.4 is 10.2 Å². The zero-order chi connectivity index (χ0) is 18.1. The number of anilines is 2. The highest BCUT2D eigenvalue weighted by atomic mass is 32.1. The van der Waals surface area contributed by atoms with E-state index in [1.165, 1.54) is 5.56 Å². The van der Waals surface area contributed by atoms with Crippen molar-refractivity contribution in [1.82, 2.24) is 4.98 Å². The van der Waals surface area contributed by atoms with Gasteiger partial charge < -0.3 is 15.3 Å². The lowest BCUT2D eigenvalue weighted by molar-refractivity contribution is 0.277. The van der Waals surface area contributed by atoms with Gasteiger partial charge in [-0.25, -0.2) is 0 Å². The van der Waals surface area contributed by atoms with E-state index in [2.05, 4.69) is 45.5 Å². The van der Waals surface area contributed by atoms with Gasteiger partial charge in [0.25, 0.3) is 0 Å². The summed E-state index contributed by atoms with van der Waals surface area (Å²) < 4.78 is 0. The molecular formula is C21H21N3OS. The number of aryl methyl sites for hydroxylation is 1. The van der Waals surface area contributed by atoms with Gasteiger partial charge >= 0.3 is 0 Å². The van der Waals surface area contributed by atoms with Crippen LogP contribution in [-0.4, -0.2) is 27.9 Å². The van der Waals surface area contributed by atoms with Crippen LogP contribution in [0.3, 0.4) is 0 Å². The predicted octanol–water partition coefficient (Wildman–Crippen LogP) is 4.05. The normalized spacial score (nSPS) is 15.9. The van der Waals surface area contributed by atoms with E-state index in [0.29, 0.717) is 11.5 Å². The van der Waals surface area contributed by atoms with Gasteiger partial charge in [-0.3, -0.25) is 4.98 Å². The Morgan fingerprint density at radius 2 is 2.12 bits per heavy atom. The van der Waals surface area contributed by atoms with Crippen LogP contribution in [-0.2, 0) is 6.42 Å². The molecule has 4 nitrogen and oxygen atoms in total. The van der Waals surface area contributed by atoms with Gasteiger partial charge in [0.2, 0.25) is 0 Å². The van der Waals surface area contributed by atoms with Crippen molar-refractivity contribution in [2.75, 3.05) is 16.8 Å². The highest BCUT2D eigenvalue weighted by Crippen LogP contribution is 2.34. The van der Waals surface area contributed by atoms with E-state index in [4.69, 9.17) is 12.2 Å². The summed E-state index contributed by atoms with van der Waals surface area (Å²) in [5.74, 6) is 0. The molecular weight excluding hydrogens is 342 g/mol. The summed E-state index contributed by atoms with van der Waals surface area (Å²) in [6.45, 7) is 2.14.